The molecule has 4 heterocycles. The van der Waals surface area contributed by atoms with Gasteiger partial charge in [0.2, 0.25) is 0 Å². The number of cyclic esters (lactones) is 1. The van der Waals surface area contributed by atoms with Crippen molar-refractivity contribution >= 4 is 39.3 Å². The first-order valence-corrected chi connectivity index (χ1v) is 17.3. The molecule has 8 rings (SSSR count). The van der Waals surface area contributed by atoms with Crippen LogP contribution in [0.5, 0.6) is 0 Å². The van der Waals surface area contributed by atoms with Crippen molar-refractivity contribution in [2.45, 2.75) is 70.7 Å². The minimum atomic E-state index is -0.677. The average Bonchev–Trinajstić information content (AvgIpc) is 3.46. The van der Waals surface area contributed by atoms with Crippen molar-refractivity contribution in [1.82, 2.24) is 4.98 Å². The van der Waals surface area contributed by atoms with Gasteiger partial charge in [-0.25, -0.2) is 14.6 Å². The summed E-state index contributed by atoms with van der Waals surface area (Å²) in [6.45, 7) is 4.14. The van der Waals surface area contributed by atoms with Crippen LogP contribution in [0.3, 0.4) is 0 Å². The lowest BCUT2D eigenvalue weighted by molar-refractivity contribution is -0.135. The number of ether oxygens (including phenoxy) is 2. The molecule has 6 atom stereocenters. The van der Waals surface area contributed by atoms with Gasteiger partial charge in [0, 0.05) is 23.3 Å². The standard InChI is InChI=1S/C32H36N2O5S2/c1-3-4-5-23-21-8-7-20-19-10-12-32(27(20)26(21)29(35)38-23)24-9-6-17(2)31(37)41-40-16-34-25-15-18(11-13-33-25)14-22(19)28(32)30(36)39-24/h5,9,11,13,15,17,19-20,27,31,37H,3-4,6-8,10,12,14,16H2,1-2H3,(H,33,34)/b23-5-,24-9+/t17-,19+,20+,27-,31-,32+/m1/s1. The van der Waals surface area contributed by atoms with E-state index in [1.54, 1.807) is 10.8 Å². The van der Waals surface area contributed by atoms with E-state index in [-0.39, 0.29) is 35.6 Å². The molecule has 3 aliphatic heterocycles. The molecule has 1 aromatic rings. The fraction of sp³-hybridized carbons (Fsp3) is 0.531. The number of nitrogens with one attached hydrogen (secondary N) is 1. The molecule has 216 valence electrons. The van der Waals surface area contributed by atoms with Gasteiger partial charge in [0.15, 0.2) is 0 Å². The van der Waals surface area contributed by atoms with Crippen LogP contribution in [0.25, 0.3) is 0 Å². The fourth-order valence-electron chi connectivity index (χ4n) is 8.17. The summed E-state index contributed by atoms with van der Waals surface area (Å²) in [6, 6.07) is 4.09. The molecule has 0 radical (unpaired) electrons. The van der Waals surface area contributed by atoms with Crippen molar-refractivity contribution in [3.8, 4) is 0 Å². The number of carbonyl (C=O) groups is 2. The van der Waals surface area contributed by atoms with Crippen LogP contribution in [0.2, 0.25) is 0 Å². The highest BCUT2D eigenvalue weighted by molar-refractivity contribution is 8.76. The second-order valence-corrected chi connectivity index (χ2v) is 14.6. The first-order chi connectivity index (χ1) is 19.9. The van der Waals surface area contributed by atoms with Crippen LogP contribution >= 0.6 is 21.6 Å². The lowest BCUT2D eigenvalue weighted by Gasteiger charge is -2.56. The summed E-state index contributed by atoms with van der Waals surface area (Å²) in [7, 11) is 3.00. The van der Waals surface area contributed by atoms with Crippen LogP contribution < -0.4 is 5.32 Å². The Morgan fingerprint density at radius 2 is 2.12 bits per heavy atom. The van der Waals surface area contributed by atoms with E-state index in [0.717, 1.165) is 72.4 Å². The molecule has 1 saturated heterocycles. The minimum Gasteiger partial charge on any atom is -0.427 e. The Morgan fingerprint density at radius 1 is 1.24 bits per heavy atom. The highest BCUT2D eigenvalue weighted by atomic mass is 33.1. The van der Waals surface area contributed by atoms with Crippen LogP contribution in [-0.2, 0) is 25.5 Å². The molecule has 9 heteroatoms. The number of hydrogen-bond acceptors (Lipinski definition) is 9. The number of hydrogen-bond donors (Lipinski definition) is 2. The monoisotopic (exact) mass is 592 g/mol. The number of nitrogens with zero attached hydrogens (tertiary/aromatic N) is 1. The number of aromatic nitrogens is 1. The number of anilines is 1. The largest absolute Gasteiger partial charge is 0.427 e. The van der Waals surface area contributed by atoms with Gasteiger partial charge in [-0.1, -0.05) is 47.4 Å². The number of aliphatic hydroxyl groups is 1. The highest BCUT2D eigenvalue weighted by Crippen LogP contribution is 2.70. The third-order valence-corrected chi connectivity index (χ3v) is 12.4. The number of esters is 2. The van der Waals surface area contributed by atoms with E-state index in [1.165, 1.54) is 16.4 Å². The Hall–Kier alpha value is -2.49. The average molecular weight is 593 g/mol. The number of aliphatic hydroxyl groups excluding tert-OH is 1. The smallest absolute Gasteiger partial charge is 0.340 e. The summed E-state index contributed by atoms with van der Waals surface area (Å²) in [6.07, 6.45) is 12.5. The molecule has 2 fully saturated rings. The van der Waals surface area contributed by atoms with E-state index in [2.05, 4.69) is 29.4 Å². The van der Waals surface area contributed by atoms with Crippen molar-refractivity contribution in [2.24, 2.45) is 29.1 Å². The molecule has 7 bridgehead atoms. The lowest BCUT2D eigenvalue weighted by atomic mass is 9.44. The van der Waals surface area contributed by atoms with Gasteiger partial charge in [-0.05, 0) is 92.5 Å². The first-order valence-electron chi connectivity index (χ1n) is 14.9. The first kappa shape index (κ1) is 27.3. The van der Waals surface area contributed by atoms with Gasteiger partial charge >= 0.3 is 11.9 Å². The summed E-state index contributed by atoms with van der Waals surface area (Å²) in [5.41, 5.74) is 3.60. The van der Waals surface area contributed by atoms with Gasteiger partial charge in [0.25, 0.3) is 0 Å². The molecule has 1 saturated carbocycles. The van der Waals surface area contributed by atoms with Gasteiger partial charge in [-0.15, -0.1) is 0 Å². The maximum atomic E-state index is 13.9. The Bertz CT molecular complexity index is 1430. The number of rotatable bonds is 2. The number of allylic oxidation sites excluding steroid dienone is 5. The second-order valence-electron chi connectivity index (χ2n) is 12.2. The zero-order chi connectivity index (χ0) is 28.3. The van der Waals surface area contributed by atoms with Crippen LogP contribution in [-0.4, -0.2) is 33.3 Å². The predicted octanol–water partition coefficient (Wildman–Crippen LogP) is 6.44. The molecule has 4 aliphatic carbocycles. The van der Waals surface area contributed by atoms with E-state index in [9.17, 15) is 14.7 Å². The third-order valence-electron chi connectivity index (χ3n) is 9.95. The van der Waals surface area contributed by atoms with Crippen molar-refractivity contribution in [2.75, 3.05) is 11.2 Å². The third kappa shape index (κ3) is 4.33. The van der Waals surface area contributed by atoms with Gasteiger partial charge in [-0.2, -0.15) is 0 Å². The van der Waals surface area contributed by atoms with Gasteiger partial charge in [0.05, 0.1) is 16.9 Å². The quantitative estimate of drug-likeness (QED) is 0.297. The maximum absolute atomic E-state index is 13.9. The van der Waals surface area contributed by atoms with Crippen LogP contribution in [0, 0.1) is 29.1 Å². The summed E-state index contributed by atoms with van der Waals surface area (Å²) >= 11 is 0. The summed E-state index contributed by atoms with van der Waals surface area (Å²) < 4.78 is 12.1. The summed E-state index contributed by atoms with van der Waals surface area (Å²) in [4.78, 5) is 32.0. The van der Waals surface area contributed by atoms with Crippen molar-refractivity contribution < 1.29 is 24.2 Å². The van der Waals surface area contributed by atoms with Crippen LogP contribution in [0.1, 0.15) is 64.4 Å². The molecule has 41 heavy (non-hydrogen) atoms. The van der Waals surface area contributed by atoms with E-state index in [0.29, 0.717) is 24.5 Å². The lowest BCUT2D eigenvalue weighted by Crippen LogP contribution is -2.52. The molecule has 0 unspecified atom stereocenters. The normalized spacial score (nSPS) is 36.8. The van der Waals surface area contributed by atoms with Crippen molar-refractivity contribution in [3.63, 3.8) is 0 Å². The van der Waals surface area contributed by atoms with Gasteiger partial charge in [0.1, 0.15) is 22.8 Å². The molecule has 7 nitrogen and oxygen atoms in total. The molecule has 1 spiro atoms. The van der Waals surface area contributed by atoms with Gasteiger partial charge < -0.3 is 19.9 Å². The predicted molar refractivity (Wildman–Crippen MR) is 160 cm³/mol. The van der Waals surface area contributed by atoms with Crippen molar-refractivity contribution in [1.29, 1.82) is 0 Å². The molecular weight excluding hydrogens is 556 g/mol. The van der Waals surface area contributed by atoms with Crippen molar-refractivity contribution in [3.05, 3.63) is 69.9 Å². The number of carbonyl (C=O) groups excluding carboxylic acids is 2. The molecule has 2 N–H and O–H groups in total. The Morgan fingerprint density at radius 3 is 2.98 bits per heavy atom. The Labute approximate surface area is 248 Å². The van der Waals surface area contributed by atoms with Gasteiger partial charge in [-0.3, -0.25) is 0 Å². The van der Waals surface area contributed by atoms with E-state index >= 15 is 0 Å². The molecule has 0 amide bonds. The topological polar surface area (TPSA) is 97.8 Å². The summed E-state index contributed by atoms with van der Waals surface area (Å²) in [5, 5.41) is 14.2. The van der Waals surface area contributed by atoms with E-state index in [4.69, 9.17) is 9.47 Å². The summed E-state index contributed by atoms with van der Waals surface area (Å²) in [5.74, 6) is 2.56. The van der Waals surface area contributed by atoms with Crippen LogP contribution in [0.15, 0.2) is 64.3 Å². The van der Waals surface area contributed by atoms with Crippen LogP contribution in [0.4, 0.5) is 5.82 Å². The number of fused-ring (bicyclic) bond motifs is 3. The minimum absolute atomic E-state index is 0.0474. The number of pyridine rings is 1. The zero-order valence-corrected chi connectivity index (χ0v) is 25.1. The maximum Gasteiger partial charge on any atom is 0.340 e. The van der Waals surface area contributed by atoms with E-state index in [1.807, 2.05) is 25.3 Å². The second kappa shape index (κ2) is 10.7. The number of unbranched alkanes of at least 4 members (excludes halogenated alkanes) is 1. The molecule has 1 aromatic heterocycles. The molecule has 0 aromatic carbocycles. The molecule has 7 aliphatic rings. The fourth-order valence-corrected chi connectivity index (χ4v) is 10.3. The highest BCUT2D eigenvalue weighted by Gasteiger charge is 2.68. The Kier molecular flexibility index (Phi) is 7.11. The zero-order valence-electron chi connectivity index (χ0n) is 23.5. The van der Waals surface area contributed by atoms with E-state index < -0.39 is 10.9 Å². The SMILES string of the molecule is CCC/C=C1\OC(=O)C2=C1CC[C@H]1[C@@H]3CC[C@@]4(C5=C3Cc3ccnc(c3)NCSS[C@@H](O)[C@H](C)C/C=C\4OC5=O)[C@@H]21. The Balaban J connectivity index is 1.42. The molecular formula is C32H36N2O5S2.